The number of piperidine rings is 1. The number of nitrogens with zero attached hydrogens (tertiary/aromatic N) is 4. The Hall–Kier alpha value is -1.83. The highest BCUT2D eigenvalue weighted by Gasteiger charge is 2.29. The minimum atomic E-state index is -0.474. The van der Waals surface area contributed by atoms with Crippen LogP contribution in [0.3, 0.4) is 0 Å². The van der Waals surface area contributed by atoms with Gasteiger partial charge in [0.2, 0.25) is 5.91 Å². The second kappa shape index (κ2) is 9.32. The SMILES string of the molecule is CC(C)(C)OC(=O)N1CCC(CC(=O)N2CCN(c3ccc(Br)cn3)CC2)CC1. The third-order valence-corrected chi connectivity index (χ3v) is 5.87. The summed E-state index contributed by atoms with van der Waals surface area (Å²) in [5, 5.41) is 0. The third-order valence-electron chi connectivity index (χ3n) is 5.40. The Morgan fingerprint density at radius 3 is 2.28 bits per heavy atom. The van der Waals surface area contributed by atoms with Gasteiger partial charge in [0, 0.05) is 56.4 Å². The highest BCUT2D eigenvalue weighted by molar-refractivity contribution is 9.10. The number of carbonyl (C=O) groups is 2. The fraction of sp³-hybridized carbons (Fsp3) is 0.667. The van der Waals surface area contributed by atoms with Gasteiger partial charge in [0.05, 0.1) is 0 Å². The van der Waals surface area contributed by atoms with Gasteiger partial charge >= 0.3 is 6.09 Å². The van der Waals surface area contributed by atoms with Crippen LogP contribution in [0.4, 0.5) is 10.6 Å². The van der Waals surface area contributed by atoms with Crippen LogP contribution >= 0.6 is 15.9 Å². The average molecular weight is 467 g/mol. The smallest absolute Gasteiger partial charge is 0.410 e. The molecule has 2 amide bonds. The number of amides is 2. The zero-order valence-electron chi connectivity index (χ0n) is 17.6. The Bertz CT molecular complexity index is 704. The van der Waals surface area contributed by atoms with Crippen LogP contribution in [-0.4, -0.2) is 71.7 Å². The molecule has 8 heteroatoms. The number of rotatable bonds is 3. The summed E-state index contributed by atoms with van der Waals surface area (Å²) in [4.78, 5) is 35.3. The van der Waals surface area contributed by atoms with E-state index < -0.39 is 5.60 Å². The second-order valence-corrected chi connectivity index (χ2v) is 9.73. The topological polar surface area (TPSA) is 66.0 Å². The van der Waals surface area contributed by atoms with Crippen molar-refractivity contribution in [3.63, 3.8) is 0 Å². The predicted molar refractivity (Wildman–Crippen MR) is 116 cm³/mol. The van der Waals surface area contributed by atoms with Crippen molar-refractivity contribution >= 4 is 33.7 Å². The van der Waals surface area contributed by atoms with Gasteiger partial charge < -0.3 is 19.4 Å². The lowest BCUT2D eigenvalue weighted by Crippen LogP contribution is -2.49. The number of aromatic nitrogens is 1. The van der Waals surface area contributed by atoms with E-state index in [1.807, 2.05) is 37.8 Å². The van der Waals surface area contributed by atoms with Crippen LogP contribution in [0.1, 0.15) is 40.0 Å². The normalized spacial score (nSPS) is 18.7. The molecule has 160 valence electrons. The predicted octanol–water partition coefficient (Wildman–Crippen LogP) is 3.53. The molecule has 29 heavy (non-hydrogen) atoms. The van der Waals surface area contributed by atoms with E-state index >= 15 is 0 Å². The minimum Gasteiger partial charge on any atom is -0.444 e. The number of likely N-dealkylation sites (tertiary alicyclic amines) is 1. The van der Waals surface area contributed by atoms with Crippen molar-refractivity contribution in [3.8, 4) is 0 Å². The average Bonchev–Trinajstić information content (AvgIpc) is 2.68. The van der Waals surface area contributed by atoms with Crippen LogP contribution in [0.2, 0.25) is 0 Å². The molecule has 0 aliphatic carbocycles. The maximum absolute atomic E-state index is 12.7. The Labute approximate surface area is 181 Å². The van der Waals surface area contributed by atoms with E-state index in [0.29, 0.717) is 25.4 Å². The molecule has 0 atom stereocenters. The van der Waals surface area contributed by atoms with Gasteiger partial charge in [0.25, 0.3) is 0 Å². The van der Waals surface area contributed by atoms with Crippen LogP contribution in [0.15, 0.2) is 22.8 Å². The van der Waals surface area contributed by atoms with E-state index in [-0.39, 0.29) is 12.0 Å². The summed E-state index contributed by atoms with van der Waals surface area (Å²) >= 11 is 3.41. The summed E-state index contributed by atoms with van der Waals surface area (Å²) in [5.74, 6) is 1.52. The number of hydrogen-bond acceptors (Lipinski definition) is 5. The van der Waals surface area contributed by atoms with Crippen molar-refractivity contribution in [1.82, 2.24) is 14.8 Å². The van der Waals surface area contributed by atoms with Crippen molar-refractivity contribution < 1.29 is 14.3 Å². The highest BCUT2D eigenvalue weighted by Crippen LogP contribution is 2.24. The molecule has 0 spiro atoms. The lowest BCUT2D eigenvalue weighted by molar-refractivity contribution is -0.132. The number of piperazine rings is 1. The van der Waals surface area contributed by atoms with Crippen LogP contribution in [0.5, 0.6) is 0 Å². The van der Waals surface area contributed by atoms with Crippen molar-refractivity contribution in [1.29, 1.82) is 0 Å². The molecule has 1 aromatic rings. The molecule has 0 unspecified atom stereocenters. The van der Waals surface area contributed by atoms with Gasteiger partial charge in [-0.05, 0) is 67.6 Å². The van der Waals surface area contributed by atoms with E-state index in [1.165, 1.54) is 0 Å². The Morgan fingerprint density at radius 2 is 1.72 bits per heavy atom. The van der Waals surface area contributed by atoms with Gasteiger partial charge in [-0.3, -0.25) is 4.79 Å². The molecule has 0 aromatic carbocycles. The highest BCUT2D eigenvalue weighted by atomic mass is 79.9. The molecule has 0 saturated carbocycles. The van der Waals surface area contributed by atoms with Gasteiger partial charge in [-0.2, -0.15) is 0 Å². The second-order valence-electron chi connectivity index (χ2n) is 8.82. The number of ether oxygens (including phenoxy) is 1. The first-order valence-corrected chi connectivity index (χ1v) is 11.1. The number of halogens is 1. The summed E-state index contributed by atoms with van der Waals surface area (Å²) in [6.07, 6.45) is 3.83. The quantitative estimate of drug-likeness (QED) is 0.681. The molecule has 3 heterocycles. The van der Waals surface area contributed by atoms with Crippen LogP contribution < -0.4 is 4.90 Å². The van der Waals surface area contributed by atoms with Crippen molar-refractivity contribution in [2.45, 2.75) is 45.6 Å². The number of pyridine rings is 1. The van der Waals surface area contributed by atoms with E-state index in [1.54, 1.807) is 11.1 Å². The Morgan fingerprint density at radius 1 is 1.07 bits per heavy atom. The fourth-order valence-electron chi connectivity index (χ4n) is 3.76. The van der Waals surface area contributed by atoms with Crippen molar-refractivity contribution in [3.05, 3.63) is 22.8 Å². The maximum Gasteiger partial charge on any atom is 0.410 e. The third kappa shape index (κ3) is 6.32. The molecule has 2 saturated heterocycles. The standard InChI is InChI=1S/C21H31BrN4O3/c1-21(2,3)29-20(28)26-8-6-16(7-9-26)14-19(27)25-12-10-24(11-13-25)18-5-4-17(22)15-23-18/h4-5,15-16H,6-14H2,1-3H3. The lowest BCUT2D eigenvalue weighted by Gasteiger charge is -2.37. The summed E-state index contributed by atoms with van der Waals surface area (Å²) in [6.45, 7) is 10.0. The van der Waals surface area contributed by atoms with Gasteiger partial charge in [-0.15, -0.1) is 0 Å². The van der Waals surface area contributed by atoms with Gasteiger partial charge in [-0.1, -0.05) is 0 Å². The first-order valence-electron chi connectivity index (χ1n) is 10.3. The van der Waals surface area contributed by atoms with Crippen LogP contribution in [0.25, 0.3) is 0 Å². The summed E-state index contributed by atoms with van der Waals surface area (Å²) in [7, 11) is 0. The maximum atomic E-state index is 12.7. The molecule has 0 N–H and O–H groups in total. The summed E-state index contributed by atoms with van der Waals surface area (Å²) < 4.78 is 6.41. The number of hydrogen-bond donors (Lipinski definition) is 0. The monoisotopic (exact) mass is 466 g/mol. The van der Waals surface area contributed by atoms with E-state index in [0.717, 1.165) is 49.3 Å². The molecule has 7 nitrogen and oxygen atoms in total. The fourth-order valence-corrected chi connectivity index (χ4v) is 4.00. The largest absolute Gasteiger partial charge is 0.444 e. The zero-order chi connectivity index (χ0) is 21.0. The number of anilines is 1. The first-order chi connectivity index (χ1) is 13.7. The lowest BCUT2D eigenvalue weighted by atomic mass is 9.93. The molecule has 3 rings (SSSR count). The molecule has 0 bridgehead atoms. The Kier molecular flexibility index (Phi) is 7.03. The zero-order valence-corrected chi connectivity index (χ0v) is 19.2. The summed E-state index contributed by atoms with van der Waals surface area (Å²) in [6, 6.07) is 3.99. The van der Waals surface area contributed by atoms with Gasteiger partial charge in [0.1, 0.15) is 11.4 Å². The number of carbonyl (C=O) groups excluding carboxylic acids is 2. The molecule has 2 aliphatic heterocycles. The van der Waals surface area contributed by atoms with Crippen LogP contribution in [-0.2, 0) is 9.53 Å². The molecular formula is C21H31BrN4O3. The van der Waals surface area contributed by atoms with E-state index in [9.17, 15) is 9.59 Å². The van der Waals surface area contributed by atoms with Gasteiger partial charge in [0.15, 0.2) is 0 Å². The Balaban J connectivity index is 1.40. The molecule has 2 fully saturated rings. The molecule has 0 radical (unpaired) electrons. The minimum absolute atomic E-state index is 0.226. The van der Waals surface area contributed by atoms with Crippen molar-refractivity contribution in [2.75, 3.05) is 44.2 Å². The van der Waals surface area contributed by atoms with E-state index in [2.05, 4.69) is 25.8 Å². The van der Waals surface area contributed by atoms with Crippen LogP contribution in [0, 0.1) is 5.92 Å². The van der Waals surface area contributed by atoms with Gasteiger partial charge in [-0.25, -0.2) is 9.78 Å². The van der Waals surface area contributed by atoms with E-state index in [4.69, 9.17) is 4.74 Å². The molecular weight excluding hydrogens is 436 g/mol. The molecule has 2 aliphatic rings. The first kappa shape index (κ1) is 21.9. The van der Waals surface area contributed by atoms with Crippen molar-refractivity contribution in [2.24, 2.45) is 5.92 Å². The summed E-state index contributed by atoms with van der Waals surface area (Å²) in [5.41, 5.74) is -0.474. The molecule has 1 aromatic heterocycles.